The van der Waals surface area contributed by atoms with Gasteiger partial charge in [-0.2, -0.15) is 0 Å². The largest absolute Gasteiger partial charge is 0.490 e. The minimum atomic E-state index is -0.161. The highest BCUT2D eigenvalue weighted by atomic mass is 16.5. The Hall–Kier alpha value is -3.08. The number of carbonyl (C=O) groups excluding carboxylic acids is 2. The summed E-state index contributed by atoms with van der Waals surface area (Å²) in [7, 11) is 3.40. The van der Waals surface area contributed by atoms with Gasteiger partial charge in [0.2, 0.25) is 0 Å². The van der Waals surface area contributed by atoms with Crippen LogP contribution in [0.3, 0.4) is 0 Å². The van der Waals surface area contributed by atoms with E-state index in [1.807, 2.05) is 39.8 Å². The smallest absolute Gasteiger partial charge is 0.253 e. The zero-order valence-corrected chi connectivity index (χ0v) is 21.4. The lowest BCUT2D eigenvalue weighted by Gasteiger charge is -2.27. The molecule has 0 aliphatic carbocycles. The van der Waals surface area contributed by atoms with Crippen molar-refractivity contribution in [3.63, 3.8) is 0 Å². The van der Waals surface area contributed by atoms with E-state index in [4.69, 9.17) is 9.47 Å². The third-order valence-corrected chi connectivity index (χ3v) is 4.90. The van der Waals surface area contributed by atoms with Crippen LogP contribution in [0.15, 0.2) is 42.5 Å². The topological polar surface area (TPSA) is 55.8 Å². The Morgan fingerprint density at radius 3 is 1.88 bits per heavy atom. The number of rotatable bonds is 8. The van der Waals surface area contributed by atoms with Gasteiger partial charge in [-0.25, -0.2) is 0 Å². The molecule has 5 nitrogen and oxygen atoms in total. The molecule has 1 amide bonds. The summed E-state index contributed by atoms with van der Waals surface area (Å²) in [4.78, 5) is 26.5. The van der Waals surface area contributed by atoms with E-state index in [0.717, 1.165) is 16.9 Å². The van der Waals surface area contributed by atoms with Crippen LogP contribution in [0.25, 0.3) is 6.08 Å². The molecule has 0 heterocycles. The van der Waals surface area contributed by atoms with E-state index in [2.05, 4.69) is 20.8 Å². The highest BCUT2D eigenvalue weighted by Crippen LogP contribution is 2.40. The summed E-state index contributed by atoms with van der Waals surface area (Å²) < 4.78 is 12.3. The fourth-order valence-electron chi connectivity index (χ4n) is 3.34. The zero-order chi connectivity index (χ0) is 24.9. The number of allylic oxidation sites excluding steroid dienone is 1. The van der Waals surface area contributed by atoms with Gasteiger partial charge in [-0.3, -0.25) is 9.59 Å². The summed E-state index contributed by atoms with van der Waals surface area (Å²) in [6.07, 6.45) is 3.24. The van der Waals surface area contributed by atoms with Crippen molar-refractivity contribution in [2.75, 3.05) is 14.1 Å². The zero-order valence-electron chi connectivity index (χ0n) is 21.4. The van der Waals surface area contributed by atoms with Crippen LogP contribution in [0.5, 0.6) is 11.5 Å². The third-order valence-electron chi connectivity index (χ3n) is 4.90. The predicted octanol–water partition coefficient (Wildman–Crippen LogP) is 6.16. The fraction of sp³-hybridized carbons (Fsp3) is 0.429. The summed E-state index contributed by atoms with van der Waals surface area (Å²) >= 11 is 0. The van der Waals surface area contributed by atoms with Gasteiger partial charge in [0.05, 0.1) is 17.8 Å². The van der Waals surface area contributed by atoms with Crippen LogP contribution in [-0.2, 0) is 5.41 Å². The number of benzene rings is 2. The molecule has 0 aliphatic rings. The monoisotopic (exact) mass is 451 g/mol. The first kappa shape index (κ1) is 26.2. The van der Waals surface area contributed by atoms with Gasteiger partial charge in [-0.05, 0) is 63.5 Å². The van der Waals surface area contributed by atoms with Crippen molar-refractivity contribution < 1.29 is 19.1 Å². The minimum absolute atomic E-state index is 0.0259. The molecular weight excluding hydrogens is 414 g/mol. The molecule has 0 spiro atoms. The van der Waals surface area contributed by atoms with Gasteiger partial charge in [0.1, 0.15) is 11.5 Å². The molecule has 0 fully saturated rings. The van der Waals surface area contributed by atoms with Gasteiger partial charge >= 0.3 is 0 Å². The van der Waals surface area contributed by atoms with Crippen molar-refractivity contribution in [2.24, 2.45) is 0 Å². The number of hydrogen-bond acceptors (Lipinski definition) is 4. The molecule has 0 radical (unpaired) electrons. The van der Waals surface area contributed by atoms with E-state index in [9.17, 15) is 9.59 Å². The van der Waals surface area contributed by atoms with Gasteiger partial charge in [0.15, 0.2) is 5.78 Å². The third kappa shape index (κ3) is 6.95. The van der Waals surface area contributed by atoms with E-state index < -0.39 is 0 Å². The standard InChI is InChI=1S/C28H37NO4/c1-18(2)32-25-17-15-23(28(5,6)7)26(33-19(3)4)22(25)14-16-24(30)20-10-12-21(13-11-20)27(31)29(8)9/h10-19H,1-9H3. The lowest BCUT2D eigenvalue weighted by Crippen LogP contribution is -2.21. The van der Waals surface area contributed by atoms with Crippen molar-refractivity contribution in [3.05, 3.63) is 64.7 Å². The highest BCUT2D eigenvalue weighted by Gasteiger charge is 2.24. The van der Waals surface area contributed by atoms with Gasteiger partial charge in [0.25, 0.3) is 5.91 Å². The Bertz CT molecular complexity index is 1010. The van der Waals surface area contributed by atoms with Crippen LogP contribution >= 0.6 is 0 Å². The molecule has 0 aromatic heterocycles. The molecule has 0 bridgehead atoms. The first-order chi connectivity index (χ1) is 15.3. The van der Waals surface area contributed by atoms with Crippen LogP contribution in [0.2, 0.25) is 0 Å². The Balaban J connectivity index is 2.50. The van der Waals surface area contributed by atoms with Crippen LogP contribution < -0.4 is 9.47 Å². The fourth-order valence-corrected chi connectivity index (χ4v) is 3.34. The second kappa shape index (κ2) is 10.7. The number of nitrogens with zero attached hydrogens (tertiary/aromatic N) is 1. The van der Waals surface area contributed by atoms with Crippen molar-refractivity contribution in [2.45, 2.75) is 66.1 Å². The molecule has 0 atom stereocenters. The summed E-state index contributed by atoms with van der Waals surface area (Å²) in [6, 6.07) is 10.7. The second-order valence-electron chi connectivity index (χ2n) is 9.91. The van der Waals surface area contributed by atoms with Crippen LogP contribution in [0.1, 0.15) is 80.3 Å². The van der Waals surface area contributed by atoms with Crippen LogP contribution in [-0.4, -0.2) is 42.9 Å². The van der Waals surface area contributed by atoms with E-state index in [-0.39, 0.29) is 29.3 Å². The Labute approximate surface area is 198 Å². The molecule has 0 N–H and O–H groups in total. The molecule has 33 heavy (non-hydrogen) atoms. The van der Waals surface area contributed by atoms with Crippen molar-refractivity contribution >= 4 is 17.8 Å². The second-order valence-corrected chi connectivity index (χ2v) is 9.91. The van der Waals surface area contributed by atoms with Gasteiger partial charge in [-0.15, -0.1) is 0 Å². The first-order valence-corrected chi connectivity index (χ1v) is 11.4. The van der Waals surface area contributed by atoms with Gasteiger partial charge < -0.3 is 14.4 Å². The Morgan fingerprint density at radius 1 is 0.848 bits per heavy atom. The van der Waals surface area contributed by atoms with E-state index in [1.54, 1.807) is 44.4 Å². The SMILES string of the molecule is CC(C)Oc1ccc(C(C)(C)C)c(OC(C)C)c1C=CC(=O)c1ccc(C(=O)N(C)C)cc1. The van der Waals surface area contributed by atoms with Crippen LogP contribution in [0.4, 0.5) is 0 Å². The molecule has 5 heteroatoms. The minimum Gasteiger partial charge on any atom is -0.490 e. The normalized spacial score (nSPS) is 11.8. The van der Waals surface area contributed by atoms with E-state index in [1.165, 1.54) is 11.0 Å². The quantitative estimate of drug-likeness (QED) is 0.356. The van der Waals surface area contributed by atoms with Crippen molar-refractivity contribution in [1.82, 2.24) is 4.90 Å². The van der Waals surface area contributed by atoms with E-state index in [0.29, 0.717) is 16.9 Å². The Morgan fingerprint density at radius 2 is 1.39 bits per heavy atom. The predicted molar refractivity (Wildman–Crippen MR) is 134 cm³/mol. The average molecular weight is 452 g/mol. The Kier molecular flexibility index (Phi) is 8.48. The molecule has 0 saturated heterocycles. The van der Waals surface area contributed by atoms with Crippen LogP contribution in [0, 0.1) is 0 Å². The molecule has 0 unspecified atom stereocenters. The summed E-state index contributed by atoms with van der Waals surface area (Å²) in [5.74, 6) is 1.14. The summed E-state index contributed by atoms with van der Waals surface area (Å²) in [5.41, 5.74) is 2.69. The molecule has 2 rings (SSSR count). The summed E-state index contributed by atoms with van der Waals surface area (Å²) in [5, 5.41) is 0. The first-order valence-electron chi connectivity index (χ1n) is 11.4. The molecule has 2 aromatic rings. The number of ketones is 1. The van der Waals surface area contributed by atoms with Gasteiger partial charge in [-0.1, -0.05) is 39.0 Å². The number of carbonyl (C=O) groups is 2. The highest BCUT2D eigenvalue weighted by molar-refractivity contribution is 6.07. The number of amides is 1. The lowest BCUT2D eigenvalue weighted by molar-refractivity contribution is 0.0827. The average Bonchev–Trinajstić information content (AvgIpc) is 2.70. The molecule has 0 aliphatic heterocycles. The molecule has 178 valence electrons. The number of hydrogen-bond donors (Lipinski definition) is 0. The lowest BCUT2D eigenvalue weighted by atomic mass is 9.84. The molecule has 2 aromatic carbocycles. The van der Waals surface area contributed by atoms with Crippen molar-refractivity contribution in [1.29, 1.82) is 0 Å². The number of ether oxygens (including phenoxy) is 2. The van der Waals surface area contributed by atoms with Crippen molar-refractivity contribution in [3.8, 4) is 11.5 Å². The maximum atomic E-state index is 12.9. The molecular formula is C28H37NO4. The van der Waals surface area contributed by atoms with Gasteiger partial charge in [0, 0.05) is 30.8 Å². The van der Waals surface area contributed by atoms with E-state index >= 15 is 0 Å². The summed E-state index contributed by atoms with van der Waals surface area (Å²) in [6.45, 7) is 14.3. The molecule has 0 saturated carbocycles. The maximum absolute atomic E-state index is 12.9. The maximum Gasteiger partial charge on any atom is 0.253 e.